The van der Waals surface area contributed by atoms with E-state index in [4.69, 9.17) is 9.47 Å². The summed E-state index contributed by atoms with van der Waals surface area (Å²) in [7, 11) is 3.34. The number of rotatable bonds is 7. The lowest BCUT2D eigenvalue weighted by molar-refractivity contribution is -0.0990. The van der Waals surface area contributed by atoms with Crippen LogP contribution in [0.5, 0.6) is 0 Å². The molecule has 0 aliphatic heterocycles. The van der Waals surface area contributed by atoms with Crippen LogP contribution < -0.4 is 5.32 Å². The Hall–Kier alpha value is 0.230. The van der Waals surface area contributed by atoms with E-state index in [-0.39, 0.29) is 6.29 Å². The third-order valence-corrected chi connectivity index (χ3v) is 4.40. The molecule has 3 nitrogen and oxygen atoms in total. The number of ether oxygens (including phenoxy) is 2. The van der Waals surface area contributed by atoms with Crippen LogP contribution in [0.2, 0.25) is 0 Å². The highest BCUT2D eigenvalue weighted by Gasteiger charge is 2.35. The minimum Gasteiger partial charge on any atom is -0.355 e. The van der Waals surface area contributed by atoms with E-state index < -0.39 is 0 Å². The highest BCUT2D eigenvalue weighted by molar-refractivity contribution is 8.00. The van der Waals surface area contributed by atoms with Crippen LogP contribution in [0.3, 0.4) is 0 Å². The van der Waals surface area contributed by atoms with Crippen molar-refractivity contribution in [2.45, 2.75) is 30.3 Å². The Labute approximate surface area is 90.9 Å². The van der Waals surface area contributed by atoms with E-state index in [1.807, 2.05) is 11.8 Å². The van der Waals surface area contributed by atoms with E-state index in [9.17, 15) is 0 Å². The van der Waals surface area contributed by atoms with E-state index in [1.54, 1.807) is 14.2 Å². The van der Waals surface area contributed by atoms with Gasteiger partial charge in [0.1, 0.15) is 0 Å². The smallest absolute Gasteiger partial charge is 0.169 e. The lowest BCUT2D eigenvalue weighted by Crippen LogP contribution is -2.45. The minimum absolute atomic E-state index is 0.117. The summed E-state index contributed by atoms with van der Waals surface area (Å²) in [4.78, 5) is 0. The Bertz CT molecular complexity index is 153. The van der Waals surface area contributed by atoms with Crippen LogP contribution in [-0.4, -0.2) is 44.6 Å². The molecule has 0 amide bonds. The lowest BCUT2D eigenvalue weighted by Gasteiger charge is -2.40. The van der Waals surface area contributed by atoms with Gasteiger partial charge in [0.15, 0.2) is 6.29 Å². The second-order valence-corrected chi connectivity index (χ2v) is 5.05. The summed E-state index contributed by atoms with van der Waals surface area (Å²) >= 11 is 1.98. The summed E-state index contributed by atoms with van der Waals surface area (Å²) in [6, 6.07) is 0. The SMILES string of the molecule is COC(CNCC1(SC)CCC1)OC. The highest BCUT2D eigenvalue weighted by Crippen LogP contribution is 2.42. The fourth-order valence-corrected chi connectivity index (χ4v) is 2.65. The number of hydrogen-bond donors (Lipinski definition) is 1. The first-order valence-electron chi connectivity index (χ1n) is 5.08. The zero-order valence-electron chi connectivity index (χ0n) is 9.34. The molecule has 1 N–H and O–H groups in total. The number of nitrogens with one attached hydrogen (secondary N) is 1. The minimum atomic E-state index is -0.117. The lowest BCUT2D eigenvalue weighted by atomic mass is 9.84. The van der Waals surface area contributed by atoms with Crippen molar-refractivity contribution in [1.82, 2.24) is 5.32 Å². The average Bonchev–Trinajstić information content (AvgIpc) is 2.16. The maximum Gasteiger partial charge on any atom is 0.169 e. The molecule has 0 aromatic rings. The number of methoxy groups -OCH3 is 2. The van der Waals surface area contributed by atoms with Crippen molar-refractivity contribution >= 4 is 11.8 Å². The van der Waals surface area contributed by atoms with Crippen LogP contribution in [0.4, 0.5) is 0 Å². The molecule has 0 heterocycles. The van der Waals surface area contributed by atoms with E-state index in [0.717, 1.165) is 13.1 Å². The molecule has 0 atom stereocenters. The van der Waals surface area contributed by atoms with Gasteiger partial charge in [-0.2, -0.15) is 11.8 Å². The van der Waals surface area contributed by atoms with Gasteiger partial charge in [-0.05, 0) is 19.1 Å². The summed E-state index contributed by atoms with van der Waals surface area (Å²) in [6.45, 7) is 1.84. The first-order chi connectivity index (χ1) is 6.76. The number of thioether (sulfide) groups is 1. The van der Waals surface area contributed by atoms with Crippen molar-refractivity contribution in [2.24, 2.45) is 0 Å². The fraction of sp³-hybridized carbons (Fsp3) is 1.00. The molecule has 1 saturated carbocycles. The first-order valence-corrected chi connectivity index (χ1v) is 6.30. The summed E-state index contributed by atoms with van der Waals surface area (Å²) in [5.41, 5.74) is 0. The normalized spacial score (nSPS) is 19.7. The Morgan fingerprint density at radius 2 is 2.00 bits per heavy atom. The molecular formula is C10H21NO2S. The predicted molar refractivity (Wildman–Crippen MR) is 60.8 cm³/mol. The Morgan fingerprint density at radius 3 is 2.36 bits per heavy atom. The third-order valence-electron chi connectivity index (χ3n) is 2.98. The third kappa shape index (κ3) is 3.12. The van der Waals surface area contributed by atoms with Crippen LogP contribution in [0.25, 0.3) is 0 Å². The van der Waals surface area contributed by atoms with Crippen molar-refractivity contribution in [3.05, 3.63) is 0 Å². The van der Waals surface area contributed by atoms with Gasteiger partial charge in [-0.3, -0.25) is 0 Å². The van der Waals surface area contributed by atoms with Crippen molar-refractivity contribution < 1.29 is 9.47 Å². The van der Waals surface area contributed by atoms with Crippen LogP contribution in [-0.2, 0) is 9.47 Å². The van der Waals surface area contributed by atoms with E-state index in [1.165, 1.54) is 19.3 Å². The Kier molecular flexibility index (Phi) is 5.23. The van der Waals surface area contributed by atoms with Crippen LogP contribution in [0, 0.1) is 0 Å². The monoisotopic (exact) mass is 219 g/mol. The fourth-order valence-electron chi connectivity index (χ4n) is 1.70. The molecule has 1 fully saturated rings. The van der Waals surface area contributed by atoms with Gasteiger partial charge in [-0.1, -0.05) is 6.42 Å². The molecule has 4 heteroatoms. The van der Waals surface area contributed by atoms with E-state index >= 15 is 0 Å². The molecule has 14 heavy (non-hydrogen) atoms. The van der Waals surface area contributed by atoms with Crippen molar-refractivity contribution in [3.8, 4) is 0 Å². The second-order valence-electron chi connectivity index (χ2n) is 3.77. The maximum atomic E-state index is 5.11. The zero-order chi connectivity index (χ0) is 10.4. The van der Waals surface area contributed by atoms with Gasteiger partial charge in [0.05, 0.1) is 0 Å². The van der Waals surface area contributed by atoms with Crippen molar-refractivity contribution in [3.63, 3.8) is 0 Å². The quantitative estimate of drug-likeness (QED) is 0.657. The average molecular weight is 219 g/mol. The van der Waals surface area contributed by atoms with Crippen molar-refractivity contribution in [2.75, 3.05) is 33.6 Å². The molecule has 1 aliphatic carbocycles. The molecule has 0 bridgehead atoms. The summed E-state index contributed by atoms with van der Waals surface area (Å²) in [6.07, 6.45) is 6.14. The molecule has 0 radical (unpaired) electrons. The molecule has 1 aliphatic rings. The van der Waals surface area contributed by atoms with Gasteiger partial charge >= 0.3 is 0 Å². The molecule has 0 aromatic carbocycles. The molecule has 0 saturated heterocycles. The standard InChI is InChI=1S/C10H21NO2S/c1-12-9(13-2)7-11-8-10(14-3)5-4-6-10/h9,11H,4-8H2,1-3H3. The number of hydrogen-bond acceptors (Lipinski definition) is 4. The molecule has 84 valence electrons. The summed E-state index contributed by atoms with van der Waals surface area (Å²) in [5, 5.41) is 3.41. The molecule has 0 unspecified atom stereocenters. The Morgan fingerprint density at radius 1 is 1.36 bits per heavy atom. The van der Waals surface area contributed by atoms with E-state index in [0.29, 0.717) is 4.75 Å². The highest BCUT2D eigenvalue weighted by atomic mass is 32.2. The van der Waals surface area contributed by atoms with Gasteiger partial charge in [0.2, 0.25) is 0 Å². The molecular weight excluding hydrogens is 198 g/mol. The topological polar surface area (TPSA) is 30.5 Å². The maximum absolute atomic E-state index is 5.11. The van der Waals surface area contributed by atoms with Gasteiger partial charge < -0.3 is 14.8 Å². The second kappa shape index (κ2) is 5.95. The predicted octanol–water partition coefficient (Wildman–Crippen LogP) is 1.48. The molecule has 0 aromatic heterocycles. The largest absolute Gasteiger partial charge is 0.355 e. The first kappa shape index (κ1) is 12.3. The van der Waals surface area contributed by atoms with Gasteiger partial charge in [-0.15, -0.1) is 0 Å². The van der Waals surface area contributed by atoms with E-state index in [2.05, 4.69) is 11.6 Å². The van der Waals surface area contributed by atoms with Crippen LogP contribution >= 0.6 is 11.8 Å². The summed E-state index contributed by atoms with van der Waals surface area (Å²) < 4.78 is 10.7. The molecule has 0 spiro atoms. The van der Waals surface area contributed by atoms with Crippen LogP contribution in [0.1, 0.15) is 19.3 Å². The Balaban J connectivity index is 2.13. The van der Waals surface area contributed by atoms with Gasteiger partial charge in [0, 0.05) is 32.1 Å². The van der Waals surface area contributed by atoms with Gasteiger partial charge in [0.25, 0.3) is 0 Å². The van der Waals surface area contributed by atoms with Crippen molar-refractivity contribution in [1.29, 1.82) is 0 Å². The zero-order valence-corrected chi connectivity index (χ0v) is 10.2. The molecule has 1 rings (SSSR count). The summed E-state index contributed by atoms with van der Waals surface area (Å²) in [5.74, 6) is 0. The van der Waals surface area contributed by atoms with Crippen LogP contribution in [0.15, 0.2) is 0 Å². The van der Waals surface area contributed by atoms with Gasteiger partial charge in [-0.25, -0.2) is 0 Å².